The summed E-state index contributed by atoms with van der Waals surface area (Å²) in [5.74, 6) is 0.384. The molecule has 0 saturated carbocycles. The van der Waals surface area contributed by atoms with Crippen LogP contribution in [0.25, 0.3) is 0 Å². The topological polar surface area (TPSA) is 115 Å². The fourth-order valence-electron chi connectivity index (χ4n) is 5.55. The van der Waals surface area contributed by atoms with Gasteiger partial charge in [0.15, 0.2) is 0 Å². The van der Waals surface area contributed by atoms with Gasteiger partial charge in [0.05, 0.1) is 36.9 Å². The summed E-state index contributed by atoms with van der Waals surface area (Å²) >= 11 is 6.16. The van der Waals surface area contributed by atoms with Crippen molar-refractivity contribution in [3.63, 3.8) is 0 Å². The van der Waals surface area contributed by atoms with Gasteiger partial charge in [-0.15, -0.1) is 0 Å². The number of nitrogens with zero attached hydrogens (tertiary/aromatic N) is 3. The van der Waals surface area contributed by atoms with Gasteiger partial charge in [-0.25, -0.2) is 25.4 Å². The van der Waals surface area contributed by atoms with Gasteiger partial charge in [0, 0.05) is 50.2 Å². The SMILES string of the molecule is CCOCC(OC(CCCN1CCCS1(=O)=O)C(CCCN1CCCS1(=O)=O)OCc1cccnc1)c1ccc(Cl)cc1. The molecule has 0 N–H and O–H groups in total. The molecule has 2 aliphatic heterocycles. The number of benzene rings is 1. The van der Waals surface area contributed by atoms with E-state index in [-0.39, 0.29) is 17.6 Å². The largest absolute Gasteiger partial charge is 0.379 e. The Morgan fingerprint density at radius 2 is 1.53 bits per heavy atom. The molecular weight excluding hydrogens is 614 g/mol. The van der Waals surface area contributed by atoms with Crippen LogP contribution in [-0.4, -0.2) is 93.5 Å². The van der Waals surface area contributed by atoms with Crippen molar-refractivity contribution in [3.05, 3.63) is 64.9 Å². The van der Waals surface area contributed by atoms with E-state index in [9.17, 15) is 16.8 Å². The van der Waals surface area contributed by atoms with E-state index in [2.05, 4.69) is 4.98 Å². The number of ether oxygens (including phenoxy) is 3. The molecule has 3 heterocycles. The molecule has 1 aromatic carbocycles. The Hall–Kier alpha value is -1.64. The number of hydrogen-bond acceptors (Lipinski definition) is 8. The predicted octanol–water partition coefficient (Wildman–Crippen LogP) is 4.41. The first-order valence-electron chi connectivity index (χ1n) is 15.1. The minimum atomic E-state index is -3.21. The van der Waals surface area contributed by atoms with Crippen LogP contribution in [0, 0.1) is 0 Å². The molecule has 2 aliphatic rings. The molecule has 4 rings (SSSR count). The second-order valence-electron chi connectivity index (χ2n) is 11.0. The van der Waals surface area contributed by atoms with Crippen LogP contribution in [-0.2, 0) is 40.9 Å². The van der Waals surface area contributed by atoms with Gasteiger partial charge < -0.3 is 14.2 Å². The number of aromatic nitrogens is 1. The lowest BCUT2D eigenvalue weighted by atomic mass is 10.0. The van der Waals surface area contributed by atoms with Crippen LogP contribution < -0.4 is 0 Å². The highest BCUT2D eigenvalue weighted by molar-refractivity contribution is 7.89. The van der Waals surface area contributed by atoms with E-state index in [0.717, 1.165) is 11.1 Å². The lowest BCUT2D eigenvalue weighted by molar-refractivity contribution is -0.130. The minimum absolute atomic E-state index is 0.191. The van der Waals surface area contributed by atoms with Gasteiger partial charge in [-0.05, 0) is 74.8 Å². The smallest absolute Gasteiger partial charge is 0.214 e. The third kappa shape index (κ3) is 10.5. The van der Waals surface area contributed by atoms with Crippen LogP contribution in [0.1, 0.15) is 62.7 Å². The zero-order valence-electron chi connectivity index (χ0n) is 24.9. The maximum absolute atomic E-state index is 12.4. The average Bonchev–Trinajstić information content (AvgIpc) is 3.51. The van der Waals surface area contributed by atoms with E-state index in [1.807, 2.05) is 43.3 Å². The number of hydrogen-bond donors (Lipinski definition) is 0. The van der Waals surface area contributed by atoms with Gasteiger partial charge in [-0.2, -0.15) is 0 Å². The molecule has 3 atom stereocenters. The van der Waals surface area contributed by atoms with E-state index < -0.39 is 32.3 Å². The van der Waals surface area contributed by atoms with E-state index >= 15 is 0 Å². The third-order valence-corrected chi connectivity index (χ3v) is 12.0. The molecule has 2 fully saturated rings. The standard InChI is InChI=1S/C30H44ClN3O7S2/c1-2-39-24-30(26-11-13-27(31)14-12-26)41-29(10-5-17-34-19-7-21-43(34,37)38)28(40-23-25-8-3-15-32-22-25)9-4-16-33-18-6-20-42(33,35)36/h3,8,11-15,22,28-30H,2,4-7,9-10,16-21,23-24H2,1H3. The minimum Gasteiger partial charge on any atom is -0.379 e. The summed E-state index contributed by atoms with van der Waals surface area (Å²) in [5, 5.41) is 0.622. The fourth-order valence-corrected chi connectivity index (χ4v) is 8.81. The van der Waals surface area contributed by atoms with Crippen molar-refractivity contribution in [3.8, 4) is 0 Å². The average molecular weight is 658 g/mol. The van der Waals surface area contributed by atoms with E-state index in [1.165, 1.54) is 0 Å². The normalized spacial score (nSPS) is 20.7. The molecule has 0 spiro atoms. The highest BCUT2D eigenvalue weighted by Crippen LogP contribution is 2.28. The Morgan fingerprint density at radius 1 is 0.907 bits per heavy atom. The second-order valence-corrected chi connectivity index (χ2v) is 15.6. The van der Waals surface area contributed by atoms with Crippen LogP contribution in [0.15, 0.2) is 48.8 Å². The predicted molar refractivity (Wildman–Crippen MR) is 167 cm³/mol. The van der Waals surface area contributed by atoms with Crippen molar-refractivity contribution < 1.29 is 31.0 Å². The van der Waals surface area contributed by atoms with E-state index in [1.54, 1.807) is 21.0 Å². The Kier molecular flexibility index (Phi) is 13.2. The van der Waals surface area contributed by atoms with Crippen LogP contribution in [0.4, 0.5) is 0 Å². The maximum Gasteiger partial charge on any atom is 0.214 e. The molecule has 0 amide bonds. The Labute approximate surface area is 261 Å². The number of halogens is 1. The molecule has 43 heavy (non-hydrogen) atoms. The summed E-state index contributed by atoms with van der Waals surface area (Å²) in [6.45, 7) is 5.02. The third-order valence-electron chi connectivity index (χ3n) is 7.85. The van der Waals surface area contributed by atoms with Crippen molar-refractivity contribution in [2.24, 2.45) is 0 Å². The van der Waals surface area contributed by atoms with Crippen LogP contribution in [0.3, 0.4) is 0 Å². The first-order valence-corrected chi connectivity index (χ1v) is 18.7. The van der Waals surface area contributed by atoms with Crippen LogP contribution in [0.2, 0.25) is 5.02 Å². The number of pyridine rings is 1. The monoisotopic (exact) mass is 657 g/mol. The first kappa shape index (κ1) is 34.2. The van der Waals surface area contributed by atoms with Gasteiger partial charge in [-0.3, -0.25) is 4.98 Å². The molecule has 0 radical (unpaired) electrons. The van der Waals surface area contributed by atoms with Crippen molar-refractivity contribution in [1.82, 2.24) is 13.6 Å². The van der Waals surface area contributed by atoms with Crippen molar-refractivity contribution in [2.75, 3.05) is 50.9 Å². The quantitative estimate of drug-likeness (QED) is 0.232. The van der Waals surface area contributed by atoms with Crippen molar-refractivity contribution >= 4 is 31.6 Å². The molecule has 2 aromatic rings. The Bertz CT molecular complexity index is 1330. The molecule has 13 heteroatoms. The highest BCUT2D eigenvalue weighted by atomic mass is 35.5. The molecule has 2 saturated heterocycles. The van der Waals surface area contributed by atoms with Gasteiger partial charge in [0.2, 0.25) is 20.0 Å². The summed E-state index contributed by atoms with van der Waals surface area (Å²) in [6.07, 6.45) is 5.90. The molecular formula is C30H44ClN3O7S2. The number of rotatable bonds is 18. The molecule has 1 aromatic heterocycles. The molecule has 0 aliphatic carbocycles. The lowest BCUT2D eigenvalue weighted by Crippen LogP contribution is -2.36. The second kappa shape index (κ2) is 16.6. The Morgan fingerprint density at radius 3 is 2.07 bits per heavy atom. The van der Waals surface area contributed by atoms with Gasteiger partial charge in [0.25, 0.3) is 0 Å². The fraction of sp³-hybridized carbons (Fsp3) is 0.633. The maximum atomic E-state index is 12.4. The molecule has 3 unspecified atom stereocenters. The van der Waals surface area contributed by atoms with E-state index in [0.29, 0.717) is 89.5 Å². The molecule has 240 valence electrons. The van der Waals surface area contributed by atoms with E-state index in [4.69, 9.17) is 25.8 Å². The summed E-state index contributed by atoms with van der Waals surface area (Å²) < 4.78 is 71.9. The highest BCUT2D eigenvalue weighted by Gasteiger charge is 2.32. The first-order chi connectivity index (χ1) is 20.7. The lowest BCUT2D eigenvalue weighted by Gasteiger charge is -2.32. The summed E-state index contributed by atoms with van der Waals surface area (Å²) in [6, 6.07) is 11.3. The van der Waals surface area contributed by atoms with Crippen LogP contribution >= 0.6 is 11.6 Å². The van der Waals surface area contributed by atoms with Gasteiger partial charge in [0.1, 0.15) is 6.10 Å². The summed E-state index contributed by atoms with van der Waals surface area (Å²) in [5.41, 5.74) is 1.83. The van der Waals surface area contributed by atoms with Gasteiger partial charge >= 0.3 is 0 Å². The van der Waals surface area contributed by atoms with Crippen LogP contribution in [0.5, 0.6) is 0 Å². The number of sulfonamides is 2. The van der Waals surface area contributed by atoms with Gasteiger partial charge in [-0.1, -0.05) is 29.8 Å². The summed E-state index contributed by atoms with van der Waals surface area (Å²) in [4.78, 5) is 4.20. The zero-order chi connectivity index (χ0) is 30.7. The molecule has 0 bridgehead atoms. The van der Waals surface area contributed by atoms with Crippen molar-refractivity contribution in [1.29, 1.82) is 0 Å². The molecule has 10 nitrogen and oxygen atoms in total. The Balaban J connectivity index is 1.54. The summed E-state index contributed by atoms with van der Waals surface area (Å²) in [7, 11) is -6.41. The van der Waals surface area contributed by atoms with Crippen molar-refractivity contribution in [2.45, 2.75) is 70.4 Å². The zero-order valence-corrected chi connectivity index (χ0v) is 27.2.